The van der Waals surface area contributed by atoms with Gasteiger partial charge in [-0.05, 0) is 35.5 Å². The Bertz CT molecular complexity index is 306. The molecule has 1 aromatic heterocycles. The van der Waals surface area contributed by atoms with Gasteiger partial charge in [-0.25, -0.2) is 0 Å². The highest BCUT2D eigenvalue weighted by Crippen LogP contribution is 2.34. The zero-order valence-corrected chi connectivity index (χ0v) is 11.8. The molecule has 1 N–H and O–H groups in total. The van der Waals surface area contributed by atoms with Crippen molar-refractivity contribution < 1.29 is 0 Å². The molecule has 0 spiro atoms. The molecule has 0 bridgehead atoms. The highest BCUT2D eigenvalue weighted by atomic mass is 32.2. The third kappa shape index (κ3) is 3.25. The van der Waals surface area contributed by atoms with Gasteiger partial charge in [-0.3, -0.25) is 0 Å². The number of nitrogens with one attached hydrogen (secondary N) is 1. The van der Waals surface area contributed by atoms with Crippen LogP contribution in [0, 0.1) is 5.41 Å². The second-order valence-corrected chi connectivity index (χ2v) is 7.33. The van der Waals surface area contributed by atoms with Gasteiger partial charge >= 0.3 is 0 Å². The van der Waals surface area contributed by atoms with Crippen LogP contribution in [0.3, 0.4) is 0 Å². The largest absolute Gasteiger partial charge is 0.312 e. The van der Waals surface area contributed by atoms with Gasteiger partial charge in [0.2, 0.25) is 0 Å². The summed E-state index contributed by atoms with van der Waals surface area (Å²) < 4.78 is 0. The lowest BCUT2D eigenvalue weighted by Crippen LogP contribution is -2.47. The third-order valence-electron chi connectivity index (χ3n) is 3.46. The molecule has 1 aromatic rings. The van der Waals surface area contributed by atoms with Crippen LogP contribution in [0.15, 0.2) is 17.5 Å². The maximum absolute atomic E-state index is 3.74. The first-order valence-electron chi connectivity index (χ1n) is 6.02. The summed E-state index contributed by atoms with van der Waals surface area (Å²) in [5.41, 5.74) is 0.473. The van der Waals surface area contributed by atoms with Crippen LogP contribution in [0.5, 0.6) is 0 Å². The molecule has 0 amide bonds. The van der Waals surface area contributed by atoms with Gasteiger partial charge in [0.25, 0.3) is 0 Å². The molecule has 3 heteroatoms. The summed E-state index contributed by atoms with van der Waals surface area (Å²) in [6.45, 7) is 5.92. The van der Waals surface area contributed by atoms with Crippen LogP contribution in [0.1, 0.15) is 25.1 Å². The van der Waals surface area contributed by atoms with Crippen molar-refractivity contribution >= 4 is 23.1 Å². The number of hydrogen-bond acceptors (Lipinski definition) is 3. The molecule has 0 radical (unpaired) electrons. The van der Waals surface area contributed by atoms with E-state index in [0.29, 0.717) is 11.5 Å². The average molecular weight is 255 g/mol. The zero-order chi connectivity index (χ0) is 11.4. The normalized spacial score (nSPS) is 24.5. The standard InChI is InChI=1S/C13H21NS2/c1-13(2)6-9-15-10-12(13)14-7-5-11-4-3-8-16-11/h3-4,8,12,14H,5-7,9-10H2,1-2H3. The monoisotopic (exact) mass is 255 g/mol. The summed E-state index contributed by atoms with van der Waals surface area (Å²) in [7, 11) is 0. The molecule has 1 aliphatic rings. The average Bonchev–Trinajstić information content (AvgIpc) is 2.73. The van der Waals surface area contributed by atoms with Crippen LogP contribution >= 0.6 is 23.1 Å². The number of hydrogen-bond donors (Lipinski definition) is 1. The molecule has 1 nitrogen and oxygen atoms in total. The van der Waals surface area contributed by atoms with E-state index >= 15 is 0 Å². The van der Waals surface area contributed by atoms with Crippen molar-refractivity contribution in [2.45, 2.75) is 32.7 Å². The minimum Gasteiger partial charge on any atom is -0.312 e. The van der Waals surface area contributed by atoms with E-state index in [9.17, 15) is 0 Å². The maximum Gasteiger partial charge on any atom is 0.0209 e. The molecule has 1 unspecified atom stereocenters. The Morgan fingerprint density at radius 1 is 1.50 bits per heavy atom. The van der Waals surface area contributed by atoms with Crippen LogP contribution in [0.25, 0.3) is 0 Å². The van der Waals surface area contributed by atoms with Crippen molar-refractivity contribution in [2.24, 2.45) is 5.41 Å². The van der Waals surface area contributed by atoms with Gasteiger partial charge in [-0.2, -0.15) is 11.8 Å². The van der Waals surface area contributed by atoms with Crippen LogP contribution < -0.4 is 5.32 Å². The smallest absolute Gasteiger partial charge is 0.0209 e. The highest BCUT2D eigenvalue weighted by molar-refractivity contribution is 7.99. The summed E-state index contributed by atoms with van der Waals surface area (Å²) in [5.74, 6) is 2.60. The van der Waals surface area contributed by atoms with Crippen molar-refractivity contribution in [3.8, 4) is 0 Å². The maximum atomic E-state index is 3.74. The van der Waals surface area contributed by atoms with E-state index in [1.165, 1.54) is 29.2 Å². The molecule has 0 aliphatic carbocycles. The lowest BCUT2D eigenvalue weighted by Gasteiger charge is -2.38. The molecular formula is C13H21NS2. The second-order valence-electron chi connectivity index (χ2n) is 5.15. The molecule has 90 valence electrons. The van der Waals surface area contributed by atoms with E-state index in [-0.39, 0.29) is 0 Å². The van der Waals surface area contributed by atoms with Crippen LogP contribution in [0.4, 0.5) is 0 Å². The molecule has 2 rings (SSSR count). The molecule has 1 atom stereocenters. The number of thioether (sulfide) groups is 1. The van der Waals surface area contributed by atoms with Gasteiger partial charge in [0, 0.05) is 23.2 Å². The Balaban J connectivity index is 1.76. The van der Waals surface area contributed by atoms with E-state index in [0.717, 1.165) is 6.54 Å². The second kappa shape index (κ2) is 5.56. The Morgan fingerprint density at radius 2 is 2.38 bits per heavy atom. The topological polar surface area (TPSA) is 12.0 Å². The highest BCUT2D eigenvalue weighted by Gasteiger charge is 2.31. The summed E-state index contributed by atoms with van der Waals surface area (Å²) >= 11 is 3.96. The minimum atomic E-state index is 0.473. The molecule has 1 fully saturated rings. The Labute approximate surface area is 107 Å². The van der Waals surface area contributed by atoms with E-state index in [1.54, 1.807) is 0 Å². The zero-order valence-electron chi connectivity index (χ0n) is 10.2. The molecular weight excluding hydrogens is 234 g/mol. The van der Waals surface area contributed by atoms with Crippen molar-refractivity contribution in [2.75, 3.05) is 18.1 Å². The van der Waals surface area contributed by atoms with Crippen molar-refractivity contribution in [3.63, 3.8) is 0 Å². The van der Waals surface area contributed by atoms with Gasteiger partial charge < -0.3 is 5.32 Å². The molecule has 1 saturated heterocycles. The minimum absolute atomic E-state index is 0.473. The lowest BCUT2D eigenvalue weighted by molar-refractivity contribution is 0.247. The first-order valence-corrected chi connectivity index (χ1v) is 8.05. The third-order valence-corrected chi connectivity index (χ3v) is 5.46. The first kappa shape index (κ1) is 12.5. The Kier molecular flexibility index (Phi) is 4.34. The number of rotatable bonds is 4. The Hall–Kier alpha value is 0.01000. The summed E-state index contributed by atoms with van der Waals surface area (Å²) in [6.07, 6.45) is 2.52. The van der Waals surface area contributed by atoms with Gasteiger partial charge in [0.05, 0.1) is 0 Å². The summed E-state index contributed by atoms with van der Waals surface area (Å²) in [6, 6.07) is 5.05. The quantitative estimate of drug-likeness (QED) is 0.885. The van der Waals surface area contributed by atoms with E-state index in [2.05, 4.69) is 48.4 Å². The van der Waals surface area contributed by atoms with Gasteiger partial charge in [-0.1, -0.05) is 19.9 Å². The number of thiophene rings is 1. The lowest BCUT2D eigenvalue weighted by atomic mass is 9.82. The van der Waals surface area contributed by atoms with Crippen LogP contribution in [-0.2, 0) is 6.42 Å². The Morgan fingerprint density at radius 3 is 3.06 bits per heavy atom. The molecule has 0 aromatic carbocycles. The van der Waals surface area contributed by atoms with Crippen LogP contribution in [-0.4, -0.2) is 24.1 Å². The molecule has 16 heavy (non-hydrogen) atoms. The predicted octanol–water partition coefficient (Wildman–Crippen LogP) is 3.41. The van der Waals surface area contributed by atoms with Gasteiger partial charge in [0.1, 0.15) is 0 Å². The summed E-state index contributed by atoms with van der Waals surface area (Å²) in [4.78, 5) is 1.49. The van der Waals surface area contributed by atoms with Crippen molar-refractivity contribution in [1.82, 2.24) is 5.32 Å². The van der Waals surface area contributed by atoms with E-state index < -0.39 is 0 Å². The first-order chi connectivity index (χ1) is 7.68. The fraction of sp³-hybridized carbons (Fsp3) is 0.692. The van der Waals surface area contributed by atoms with Gasteiger partial charge in [-0.15, -0.1) is 11.3 Å². The fourth-order valence-corrected chi connectivity index (χ4v) is 4.45. The van der Waals surface area contributed by atoms with Crippen LogP contribution in [0.2, 0.25) is 0 Å². The molecule has 1 aliphatic heterocycles. The molecule has 2 heterocycles. The molecule has 0 saturated carbocycles. The predicted molar refractivity (Wildman–Crippen MR) is 75.5 cm³/mol. The van der Waals surface area contributed by atoms with Crippen molar-refractivity contribution in [3.05, 3.63) is 22.4 Å². The van der Waals surface area contributed by atoms with Gasteiger partial charge in [0.15, 0.2) is 0 Å². The fourth-order valence-electron chi connectivity index (χ4n) is 2.10. The van der Waals surface area contributed by atoms with E-state index in [1.807, 2.05) is 11.3 Å². The SMILES string of the molecule is CC1(C)CCSCC1NCCc1cccs1. The summed E-state index contributed by atoms with van der Waals surface area (Å²) in [5, 5.41) is 5.90. The van der Waals surface area contributed by atoms with Crippen molar-refractivity contribution in [1.29, 1.82) is 0 Å². The van der Waals surface area contributed by atoms with E-state index in [4.69, 9.17) is 0 Å².